The molecule has 0 heterocycles. The second kappa shape index (κ2) is 8.12. The van der Waals surface area contributed by atoms with Gasteiger partial charge in [-0.25, -0.2) is 0 Å². The number of carbonyl (C=O) groups is 2. The Kier molecular flexibility index (Phi) is 7.63. The van der Waals surface area contributed by atoms with Crippen molar-refractivity contribution in [2.75, 3.05) is 47.4 Å². The van der Waals surface area contributed by atoms with Crippen LogP contribution in [0, 0.1) is 5.41 Å². The second-order valence-corrected chi connectivity index (χ2v) is 5.13. The molecule has 0 spiro atoms. The van der Waals surface area contributed by atoms with Gasteiger partial charge in [0.1, 0.15) is 0 Å². The first-order chi connectivity index (χ1) is 8.82. The van der Waals surface area contributed by atoms with Gasteiger partial charge in [0.15, 0.2) is 0 Å². The third-order valence-corrected chi connectivity index (χ3v) is 3.42. The highest BCUT2D eigenvalue weighted by Crippen LogP contribution is 2.22. The van der Waals surface area contributed by atoms with E-state index in [1.165, 1.54) is 9.80 Å². The molecular formula is C13H27N3O3. The number of likely N-dealkylation sites (N-methyl/N-ethyl adjacent to an activating group) is 1. The molecule has 2 N–H and O–H groups in total. The Balaban J connectivity index is 4.92. The summed E-state index contributed by atoms with van der Waals surface area (Å²) in [6, 6.07) is 0. The summed E-state index contributed by atoms with van der Waals surface area (Å²) >= 11 is 0. The molecule has 112 valence electrons. The number of methoxy groups -OCH3 is 1. The molecule has 0 saturated heterocycles. The Morgan fingerprint density at radius 1 is 1.32 bits per heavy atom. The van der Waals surface area contributed by atoms with Gasteiger partial charge in [-0.05, 0) is 13.3 Å². The Labute approximate surface area is 115 Å². The number of nitrogens with two attached hydrogens (primary N) is 1. The smallest absolute Gasteiger partial charge is 0.241 e. The van der Waals surface area contributed by atoms with Gasteiger partial charge in [0.05, 0.1) is 18.6 Å². The maximum atomic E-state index is 12.5. The van der Waals surface area contributed by atoms with E-state index in [0.29, 0.717) is 19.6 Å². The van der Waals surface area contributed by atoms with E-state index in [0.717, 1.165) is 0 Å². The van der Waals surface area contributed by atoms with E-state index in [1.807, 2.05) is 13.8 Å². The maximum Gasteiger partial charge on any atom is 0.241 e. The first-order valence-electron chi connectivity index (χ1n) is 6.51. The molecule has 2 amide bonds. The summed E-state index contributed by atoms with van der Waals surface area (Å²) < 4.78 is 4.99. The molecule has 0 aliphatic heterocycles. The minimum atomic E-state index is -0.625. The Morgan fingerprint density at radius 2 is 1.89 bits per heavy atom. The van der Waals surface area contributed by atoms with Gasteiger partial charge in [-0.1, -0.05) is 6.92 Å². The van der Waals surface area contributed by atoms with Crippen LogP contribution in [0.25, 0.3) is 0 Å². The van der Waals surface area contributed by atoms with Crippen LogP contribution in [0.3, 0.4) is 0 Å². The van der Waals surface area contributed by atoms with Crippen molar-refractivity contribution in [3.05, 3.63) is 0 Å². The van der Waals surface area contributed by atoms with Crippen molar-refractivity contribution in [2.45, 2.75) is 20.3 Å². The molecular weight excluding hydrogens is 246 g/mol. The quantitative estimate of drug-likeness (QED) is 0.671. The van der Waals surface area contributed by atoms with Crippen LogP contribution in [-0.2, 0) is 14.3 Å². The van der Waals surface area contributed by atoms with Crippen LogP contribution in [-0.4, -0.2) is 69.1 Å². The molecule has 0 bridgehead atoms. The predicted molar refractivity (Wildman–Crippen MR) is 74.6 cm³/mol. The summed E-state index contributed by atoms with van der Waals surface area (Å²) in [6.45, 7) is 4.87. The van der Waals surface area contributed by atoms with Crippen LogP contribution in [0.5, 0.6) is 0 Å². The fraction of sp³-hybridized carbons (Fsp3) is 0.846. The average molecular weight is 273 g/mol. The van der Waals surface area contributed by atoms with E-state index in [2.05, 4.69) is 0 Å². The third kappa shape index (κ3) is 5.16. The molecule has 1 atom stereocenters. The molecule has 0 saturated carbocycles. The van der Waals surface area contributed by atoms with Gasteiger partial charge in [0.25, 0.3) is 0 Å². The van der Waals surface area contributed by atoms with Crippen LogP contribution in [0.2, 0.25) is 0 Å². The molecule has 6 heteroatoms. The summed E-state index contributed by atoms with van der Waals surface area (Å²) in [7, 11) is 4.91. The van der Waals surface area contributed by atoms with Crippen molar-refractivity contribution in [2.24, 2.45) is 11.1 Å². The summed E-state index contributed by atoms with van der Waals surface area (Å²) in [5.41, 5.74) is 5.08. The third-order valence-electron chi connectivity index (χ3n) is 3.42. The number of amides is 2. The zero-order valence-electron chi connectivity index (χ0n) is 12.7. The van der Waals surface area contributed by atoms with E-state index in [9.17, 15) is 9.59 Å². The van der Waals surface area contributed by atoms with Gasteiger partial charge < -0.3 is 20.3 Å². The minimum Gasteiger partial charge on any atom is -0.383 e. The van der Waals surface area contributed by atoms with Crippen molar-refractivity contribution in [1.82, 2.24) is 9.80 Å². The monoisotopic (exact) mass is 273 g/mol. The SMILES string of the molecule is CCC(C)(CN)C(=O)N(CCOC)CC(=O)N(C)C. The topological polar surface area (TPSA) is 75.9 Å². The highest BCUT2D eigenvalue weighted by atomic mass is 16.5. The molecule has 0 fully saturated rings. The van der Waals surface area contributed by atoms with Gasteiger partial charge in [-0.2, -0.15) is 0 Å². The zero-order chi connectivity index (χ0) is 15.1. The highest BCUT2D eigenvalue weighted by molar-refractivity contribution is 5.87. The number of hydrogen-bond donors (Lipinski definition) is 1. The van der Waals surface area contributed by atoms with Gasteiger partial charge in [0.2, 0.25) is 11.8 Å². The number of hydrogen-bond acceptors (Lipinski definition) is 4. The zero-order valence-corrected chi connectivity index (χ0v) is 12.7. The van der Waals surface area contributed by atoms with E-state index < -0.39 is 5.41 Å². The largest absolute Gasteiger partial charge is 0.383 e. The lowest BCUT2D eigenvalue weighted by Gasteiger charge is -2.33. The lowest BCUT2D eigenvalue weighted by atomic mass is 9.86. The molecule has 0 aromatic rings. The molecule has 0 aromatic heterocycles. The standard InChI is InChI=1S/C13H27N3O3/c1-6-13(2,10-14)12(18)16(7-8-19-5)9-11(17)15(3)4/h6-10,14H2,1-5H3. The normalized spacial score (nSPS) is 13.8. The highest BCUT2D eigenvalue weighted by Gasteiger charge is 2.34. The van der Waals surface area contributed by atoms with Crippen LogP contribution in [0.4, 0.5) is 0 Å². The fourth-order valence-corrected chi connectivity index (χ4v) is 1.52. The van der Waals surface area contributed by atoms with Crippen molar-refractivity contribution in [3.8, 4) is 0 Å². The maximum absolute atomic E-state index is 12.5. The Morgan fingerprint density at radius 3 is 2.26 bits per heavy atom. The lowest BCUT2D eigenvalue weighted by molar-refractivity contribution is -0.146. The van der Waals surface area contributed by atoms with E-state index in [4.69, 9.17) is 10.5 Å². The molecule has 1 unspecified atom stereocenters. The summed E-state index contributed by atoms with van der Waals surface area (Å²) in [5.74, 6) is -0.204. The van der Waals surface area contributed by atoms with Gasteiger partial charge >= 0.3 is 0 Å². The molecule has 0 aromatic carbocycles. The summed E-state index contributed by atoms with van der Waals surface area (Å²) in [4.78, 5) is 27.3. The second-order valence-electron chi connectivity index (χ2n) is 5.13. The van der Waals surface area contributed by atoms with Gasteiger partial charge in [0, 0.05) is 34.3 Å². The van der Waals surface area contributed by atoms with Crippen LogP contribution in [0.15, 0.2) is 0 Å². The molecule has 0 radical (unpaired) electrons. The van der Waals surface area contributed by atoms with Crippen molar-refractivity contribution < 1.29 is 14.3 Å². The Bertz CT molecular complexity index is 302. The summed E-state index contributed by atoms with van der Waals surface area (Å²) in [5, 5.41) is 0. The average Bonchev–Trinajstić information content (AvgIpc) is 2.41. The molecule has 6 nitrogen and oxygen atoms in total. The van der Waals surface area contributed by atoms with Gasteiger partial charge in [-0.3, -0.25) is 9.59 Å². The number of ether oxygens (including phenoxy) is 1. The molecule has 0 aliphatic rings. The van der Waals surface area contributed by atoms with Gasteiger partial charge in [-0.15, -0.1) is 0 Å². The van der Waals surface area contributed by atoms with E-state index in [1.54, 1.807) is 21.2 Å². The number of rotatable bonds is 8. The van der Waals surface area contributed by atoms with Crippen LogP contribution < -0.4 is 5.73 Å². The molecule has 0 aliphatic carbocycles. The molecule has 19 heavy (non-hydrogen) atoms. The minimum absolute atomic E-state index is 0.0603. The summed E-state index contributed by atoms with van der Waals surface area (Å²) in [6.07, 6.45) is 0.641. The van der Waals surface area contributed by atoms with E-state index >= 15 is 0 Å². The van der Waals surface area contributed by atoms with Crippen molar-refractivity contribution in [1.29, 1.82) is 0 Å². The fourth-order valence-electron chi connectivity index (χ4n) is 1.52. The number of carbonyl (C=O) groups excluding carboxylic acids is 2. The molecule has 0 rings (SSSR count). The van der Waals surface area contributed by atoms with Crippen molar-refractivity contribution in [3.63, 3.8) is 0 Å². The first-order valence-corrected chi connectivity index (χ1v) is 6.51. The van der Waals surface area contributed by atoms with Crippen molar-refractivity contribution >= 4 is 11.8 Å². The van der Waals surface area contributed by atoms with Crippen LogP contribution in [0.1, 0.15) is 20.3 Å². The Hall–Kier alpha value is -1.14. The van der Waals surface area contributed by atoms with E-state index in [-0.39, 0.29) is 24.9 Å². The van der Waals surface area contributed by atoms with Crippen LogP contribution >= 0.6 is 0 Å². The number of nitrogens with zero attached hydrogens (tertiary/aromatic N) is 2. The lowest BCUT2D eigenvalue weighted by Crippen LogP contribution is -2.50. The predicted octanol–water partition coefficient (Wildman–Crippen LogP) is -0.0754. The first kappa shape index (κ1) is 17.9.